The van der Waals surface area contributed by atoms with E-state index in [2.05, 4.69) is 21.8 Å². The highest BCUT2D eigenvalue weighted by Gasteiger charge is 2.17. The first-order valence-corrected chi connectivity index (χ1v) is 9.50. The third-order valence-corrected chi connectivity index (χ3v) is 4.35. The minimum atomic E-state index is -0.499. The second-order valence-electron chi connectivity index (χ2n) is 6.98. The largest absolute Gasteiger partial charge is 0.412 e. The summed E-state index contributed by atoms with van der Waals surface area (Å²) in [7, 11) is 1.68. The first kappa shape index (κ1) is 19.9. The van der Waals surface area contributed by atoms with E-state index in [9.17, 15) is 4.79 Å². The number of amides is 1. The molecule has 0 bridgehead atoms. The topological polar surface area (TPSA) is 104 Å². The van der Waals surface area contributed by atoms with E-state index >= 15 is 0 Å². The Morgan fingerprint density at radius 3 is 2.79 bits per heavy atom. The number of imidazole rings is 1. The molecule has 0 atom stereocenters. The number of hydrogen-bond acceptors (Lipinski definition) is 6. The molecule has 0 saturated carbocycles. The number of aromatic nitrogens is 3. The van der Waals surface area contributed by atoms with Crippen LogP contribution in [0.25, 0.3) is 21.9 Å². The Bertz CT molecular complexity index is 997. The van der Waals surface area contributed by atoms with Gasteiger partial charge in [-0.3, -0.25) is 0 Å². The molecular weight excluding hydrogens is 358 g/mol. The summed E-state index contributed by atoms with van der Waals surface area (Å²) in [4.78, 5) is 21.1. The Hall–Kier alpha value is -2.87. The number of nitrogens with zero attached hydrogens (tertiary/aromatic N) is 3. The molecular formula is C20H27N5O3. The lowest BCUT2D eigenvalue weighted by Gasteiger charge is -2.11. The van der Waals surface area contributed by atoms with Crippen LogP contribution >= 0.6 is 0 Å². The summed E-state index contributed by atoms with van der Waals surface area (Å²) in [6.07, 6.45) is 1.16. The fraction of sp³-hybridized carbons (Fsp3) is 0.450. The molecule has 8 nitrogen and oxygen atoms in total. The first-order valence-electron chi connectivity index (χ1n) is 9.50. The van der Waals surface area contributed by atoms with E-state index in [0.29, 0.717) is 35.6 Å². The number of benzene rings is 1. The number of aryl methyl sites for hydroxylation is 1. The molecule has 0 unspecified atom stereocenters. The summed E-state index contributed by atoms with van der Waals surface area (Å²) in [5.41, 5.74) is 8.52. The van der Waals surface area contributed by atoms with Crippen LogP contribution < -0.4 is 15.8 Å². The highest BCUT2D eigenvalue weighted by atomic mass is 16.6. The second kappa shape index (κ2) is 8.43. The molecule has 3 aromatic rings. The van der Waals surface area contributed by atoms with Gasteiger partial charge in [0.15, 0.2) is 5.82 Å². The van der Waals surface area contributed by atoms with Crippen LogP contribution in [0.5, 0.6) is 5.75 Å². The lowest BCUT2D eigenvalue weighted by Crippen LogP contribution is -2.32. The van der Waals surface area contributed by atoms with Crippen molar-refractivity contribution >= 4 is 33.8 Å². The lowest BCUT2D eigenvalue weighted by atomic mass is 10.1. The zero-order valence-electron chi connectivity index (χ0n) is 16.8. The van der Waals surface area contributed by atoms with Crippen LogP contribution in [-0.4, -0.2) is 40.4 Å². The molecule has 0 radical (unpaired) electrons. The first-order chi connectivity index (χ1) is 13.4. The van der Waals surface area contributed by atoms with Gasteiger partial charge in [0.25, 0.3) is 0 Å². The second-order valence-corrected chi connectivity index (χ2v) is 6.98. The maximum absolute atomic E-state index is 11.9. The molecule has 8 heteroatoms. The molecule has 3 rings (SSSR count). The van der Waals surface area contributed by atoms with E-state index in [1.165, 1.54) is 0 Å². The predicted molar refractivity (Wildman–Crippen MR) is 110 cm³/mol. The molecule has 0 aliphatic rings. The van der Waals surface area contributed by atoms with E-state index in [-0.39, 0.29) is 6.04 Å². The minimum Gasteiger partial charge on any atom is -0.410 e. The molecule has 1 amide bonds. The van der Waals surface area contributed by atoms with Gasteiger partial charge in [-0.15, -0.1) is 0 Å². The zero-order valence-corrected chi connectivity index (χ0v) is 16.8. The quantitative estimate of drug-likeness (QED) is 0.647. The van der Waals surface area contributed by atoms with Crippen molar-refractivity contribution in [2.75, 3.05) is 19.5 Å². The Balaban J connectivity index is 2.09. The number of nitrogen functional groups attached to an aromatic ring is 1. The van der Waals surface area contributed by atoms with E-state index < -0.39 is 6.09 Å². The number of methoxy groups -OCH3 is 1. The van der Waals surface area contributed by atoms with Crippen molar-refractivity contribution in [3.8, 4) is 5.75 Å². The molecule has 0 spiro atoms. The number of carbonyl (C=O) groups is 1. The average Bonchev–Trinajstić information content (AvgIpc) is 2.99. The molecule has 2 heterocycles. The van der Waals surface area contributed by atoms with E-state index in [1.807, 2.05) is 19.9 Å². The van der Waals surface area contributed by atoms with Crippen molar-refractivity contribution in [2.24, 2.45) is 0 Å². The number of anilines is 1. The Labute approximate surface area is 164 Å². The molecule has 0 aliphatic heterocycles. The van der Waals surface area contributed by atoms with Gasteiger partial charge in [-0.25, -0.2) is 14.8 Å². The van der Waals surface area contributed by atoms with E-state index in [1.54, 1.807) is 19.2 Å². The van der Waals surface area contributed by atoms with Crippen LogP contribution in [-0.2, 0) is 17.7 Å². The molecule has 1 aromatic carbocycles. The summed E-state index contributed by atoms with van der Waals surface area (Å²) in [6.45, 7) is 7.27. The fourth-order valence-corrected chi connectivity index (χ4v) is 3.22. The van der Waals surface area contributed by atoms with Gasteiger partial charge in [0.1, 0.15) is 17.1 Å². The summed E-state index contributed by atoms with van der Waals surface area (Å²) in [5.74, 6) is 1.70. The molecule has 0 fully saturated rings. The maximum Gasteiger partial charge on any atom is 0.412 e. The standard InChI is InChI=1S/C20H27N5O3/c1-5-9-25-16(8-10-27-4)24-17-18(25)14-7-6-13(11-15(14)23-19(17)21)28-20(26)22-12(2)3/h6-7,11-12H,5,8-10H2,1-4H3,(H2,21,23)(H,22,26). The van der Waals surface area contributed by atoms with Crippen LogP contribution in [0.1, 0.15) is 33.0 Å². The molecule has 2 aromatic heterocycles. The smallest absolute Gasteiger partial charge is 0.410 e. The van der Waals surface area contributed by atoms with Crippen molar-refractivity contribution in [1.82, 2.24) is 19.9 Å². The molecule has 0 saturated heterocycles. The average molecular weight is 385 g/mol. The summed E-state index contributed by atoms with van der Waals surface area (Å²) in [6, 6.07) is 5.38. The van der Waals surface area contributed by atoms with Crippen LogP contribution in [0.3, 0.4) is 0 Å². The number of hydrogen-bond donors (Lipinski definition) is 2. The van der Waals surface area contributed by atoms with E-state index in [0.717, 1.165) is 29.7 Å². The number of ether oxygens (including phenoxy) is 2. The molecule has 3 N–H and O–H groups in total. The monoisotopic (exact) mass is 385 g/mol. The maximum atomic E-state index is 11.9. The van der Waals surface area contributed by atoms with Crippen LogP contribution in [0, 0.1) is 0 Å². The fourth-order valence-electron chi connectivity index (χ4n) is 3.22. The van der Waals surface area contributed by atoms with Gasteiger partial charge < -0.3 is 25.1 Å². The van der Waals surface area contributed by atoms with Crippen LogP contribution in [0.15, 0.2) is 18.2 Å². The van der Waals surface area contributed by atoms with Crippen molar-refractivity contribution in [1.29, 1.82) is 0 Å². The van der Waals surface area contributed by atoms with Gasteiger partial charge in [0.2, 0.25) is 0 Å². The SMILES string of the molecule is CCCn1c(CCOC)nc2c(N)nc3cc(OC(=O)NC(C)C)ccc3c21. The van der Waals surface area contributed by atoms with Crippen molar-refractivity contribution in [3.05, 3.63) is 24.0 Å². The Kier molecular flexibility index (Phi) is 5.99. The summed E-state index contributed by atoms with van der Waals surface area (Å²) < 4.78 is 12.8. The number of pyridine rings is 1. The van der Waals surface area contributed by atoms with Gasteiger partial charge in [0.05, 0.1) is 17.6 Å². The lowest BCUT2D eigenvalue weighted by molar-refractivity contribution is 0.198. The number of nitrogens with one attached hydrogen (secondary N) is 1. The van der Waals surface area contributed by atoms with Gasteiger partial charge >= 0.3 is 6.09 Å². The predicted octanol–water partition coefficient (Wildman–Crippen LogP) is 3.26. The van der Waals surface area contributed by atoms with Crippen molar-refractivity contribution < 1.29 is 14.3 Å². The minimum absolute atomic E-state index is 0.00438. The zero-order chi connectivity index (χ0) is 20.3. The van der Waals surface area contributed by atoms with Gasteiger partial charge in [-0.05, 0) is 32.4 Å². The number of rotatable bonds is 7. The Morgan fingerprint density at radius 1 is 1.32 bits per heavy atom. The Morgan fingerprint density at radius 2 is 2.11 bits per heavy atom. The van der Waals surface area contributed by atoms with Gasteiger partial charge in [-0.1, -0.05) is 6.92 Å². The van der Waals surface area contributed by atoms with Gasteiger partial charge in [0, 0.05) is 37.6 Å². The third-order valence-electron chi connectivity index (χ3n) is 4.35. The number of fused-ring (bicyclic) bond motifs is 3. The third kappa shape index (κ3) is 4.01. The molecule has 28 heavy (non-hydrogen) atoms. The molecule has 0 aliphatic carbocycles. The highest BCUT2D eigenvalue weighted by Crippen LogP contribution is 2.31. The highest BCUT2D eigenvalue weighted by molar-refractivity contribution is 6.07. The molecule has 150 valence electrons. The summed E-state index contributed by atoms with van der Waals surface area (Å²) in [5, 5.41) is 3.62. The van der Waals surface area contributed by atoms with Gasteiger partial charge in [-0.2, -0.15) is 0 Å². The van der Waals surface area contributed by atoms with Crippen molar-refractivity contribution in [3.63, 3.8) is 0 Å². The van der Waals surface area contributed by atoms with Crippen molar-refractivity contribution in [2.45, 2.75) is 46.2 Å². The number of nitrogens with two attached hydrogens (primary N) is 1. The van der Waals surface area contributed by atoms with E-state index in [4.69, 9.17) is 20.2 Å². The van der Waals surface area contributed by atoms with Crippen LogP contribution in [0.2, 0.25) is 0 Å². The summed E-state index contributed by atoms with van der Waals surface area (Å²) >= 11 is 0. The van der Waals surface area contributed by atoms with Crippen LogP contribution in [0.4, 0.5) is 10.6 Å². The number of carbonyl (C=O) groups excluding carboxylic acids is 1. The normalized spacial score (nSPS) is 11.5.